The number of aliphatic carboxylic acids is 1. The Morgan fingerprint density at radius 2 is 2.09 bits per heavy atom. The molecule has 0 radical (unpaired) electrons. The highest BCUT2D eigenvalue weighted by atomic mass is 35.5. The van der Waals surface area contributed by atoms with Crippen LogP contribution in [0, 0.1) is 11.3 Å². The first kappa shape index (κ1) is 16.5. The van der Waals surface area contributed by atoms with Gasteiger partial charge in [0.2, 0.25) is 0 Å². The Kier molecular flexibility index (Phi) is 5.33. The van der Waals surface area contributed by atoms with E-state index in [-0.39, 0.29) is 36.6 Å². The number of rotatable bonds is 6. The van der Waals surface area contributed by atoms with Gasteiger partial charge in [0.25, 0.3) is 0 Å². The molecule has 7 nitrogen and oxygen atoms in total. The van der Waals surface area contributed by atoms with Crippen molar-refractivity contribution in [1.29, 1.82) is 5.26 Å². The van der Waals surface area contributed by atoms with Crippen LogP contribution in [0.2, 0.25) is 0 Å². The number of carbonyl (C=O) groups is 1. The Morgan fingerprint density at radius 3 is 2.70 bits per heavy atom. The van der Waals surface area contributed by atoms with Crippen LogP contribution in [-0.4, -0.2) is 26.7 Å². The van der Waals surface area contributed by atoms with Crippen molar-refractivity contribution in [2.24, 2.45) is 0 Å². The average Bonchev–Trinajstić information content (AvgIpc) is 2.53. The van der Waals surface area contributed by atoms with Gasteiger partial charge in [0, 0.05) is 23.9 Å². The number of hydrogen-bond donors (Lipinski definition) is 2. The van der Waals surface area contributed by atoms with Crippen molar-refractivity contribution in [2.75, 3.05) is 11.9 Å². The highest BCUT2D eigenvalue weighted by molar-refractivity contribution is 6.17. The molecule has 2 aromatic rings. The molecular weight excluding hydrogens is 320 g/mol. The fraction of sp³-hybridized carbons (Fsp3) is 0.200. The molecule has 23 heavy (non-hydrogen) atoms. The minimum Gasteiger partial charge on any atom is -0.481 e. The molecule has 0 unspecified atom stereocenters. The maximum absolute atomic E-state index is 12.3. The summed E-state index contributed by atoms with van der Waals surface area (Å²) in [5, 5.41) is 20.3. The molecule has 2 rings (SSSR count). The molecule has 0 saturated carbocycles. The van der Waals surface area contributed by atoms with Crippen LogP contribution in [0.3, 0.4) is 0 Å². The zero-order chi connectivity index (χ0) is 16.8. The second-order valence-corrected chi connectivity index (χ2v) is 4.95. The van der Waals surface area contributed by atoms with E-state index in [0.29, 0.717) is 5.56 Å². The minimum atomic E-state index is -1.09. The van der Waals surface area contributed by atoms with Crippen LogP contribution >= 0.6 is 11.8 Å². The predicted octanol–water partition coefficient (Wildman–Crippen LogP) is 1.86. The van der Waals surface area contributed by atoms with Gasteiger partial charge in [-0.25, -0.2) is 9.07 Å². The Balaban J connectivity index is 2.57. The smallest absolute Gasteiger partial charge is 0.309 e. The maximum Gasteiger partial charge on any atom is 0.309 e. The number of aromatic nitrogens is 2. The van der Waals surface area contributed by atoms with E-state index in [1.807, 2.05) is 6.07 Å². The van der Waals surface area contributed by atoms with Crippen LogP contribution < -0.4 is 10.9 Å². The van der Waals surface area contributed by atoms with Crippen molar-refractivity contribution >= 4 is 23.6 Å². The summed E-state index contributed by atoms with van der Waals surface area (Å²) in [5.41, 5.74) is 0.396. The van der Waals surface area contributed by atoms with Crippen molar-refractivity contribution in [2.45, 2.75) is 12.8 Å². The SMILES string of the molecule is N#CCCNc1nc(CC(=O)O)c(-c2ccccc2)n(Cl)c1=O. The second-order valence-electron chi connectivity index (χ2n) is 4.61. The van der Waals surface area contributed by atoms with E-state index in [9.17, 15) is 9.59 Å². The Hall–Kier alpha value is -2.85. The van der Waals surface area contributed by atoms with E-state index in [0.717, 1.165) is 4.09 Å². The topological polar surface area (TPSA) is 108 Å². The summed E-state index contributed by atoms with van der Waals surface area (Å²) in [4.78, 5) is 27.5. The molecule has 0 fully saturated rings. The number of halogens is 1. The number of nitrogens with one attached hydrogen (secondary N) is 1. The molecule has 0 bridgehead atoms. The lowest BCUT2D eigenvalue weighted by molar-refractivity contribution is -0.136. The first-order chi connectivity index (χ1) is 11.0. The molecule has 0 aliphatic carbocycles. The number of carboxylic acids is 1. The molecule has 2 N–H and O–H groups in total. The predicted molar refractivity (Wildman–Crippen MR) is 85.2 cm³/mol. The van der Waals surface area contributed by atoms with E-state index in [2.05, 4.69) is 10.3 Å². The number of nitriles is 1. The van der Waals surface area contributed by atoms with Gasteiger partial charge in [-0.1, -0.05) is 30.3 Å². The van der Waals surface area contributed by atoms with Crippen LogP contribution in [0.25, 0.3) is 11.3 Å². The van der Waals surface area contributed by atoms with Gasteiger partial charge in [-0.2, -0.15) is 5.26 Å². The standard InChI is InChI=1S/C15H13ClN4O3/c16-20-13(10-5-2-1-3-6-10)11(9-12(21)22)19-14(15(20)23)18-8-4-7-17/h1-3,5-6H,4,8-9H2,(H,18,19)(H,21,22). The van der Waals surface area contributed by atoms with Crippen molar-refractivity contribution < 1.29 is 9.90 Å². The fourth-order valence-corrected chi connectivity index (χ4v) is 2.31. The quantitative estimate of drug-likeness (QED) is 0.782. The molecule has 0 spiro atoms. The Morgan fingerprint density at radius 1 is 1.39 bits per heavy atom. The van der Waals surface area contributed by atoms with Gasteiger partial charge in [-0.3, -0.25) is 9.59 Å². The van der Waals surface area contributed by atoms with E-state index >= 15 is 0 Å². The monoisotopic (exact) mass is 332 g/mol. The number of benzene rings is 1. The molecule has 0 atom stereocenters. The van der Waals surface area contributed by atoms with E-state index in [4.69, 9.17) is 22.1 Å². The minimum absolute atomic E-state index is 0.0776. The zero-order valence-corrected chi connectivity index (χ0v) is 12.7. The summed E-state index contributed by atoms with van der Waals surface area (Å²) < 4.78 is 0.856. The molecule has 0 aliphatic heterocycles. The van der Waals surface area contributed by atoms with Gasteiger partial charge in [0.15, 0.2) is 5.82 Å². The molecule has 1 aromatic carbocycles. The molecule has 1 heterocycles. The summed E-state index contributed by atoms with van der Waals surface area (Å²) in [5.74, 6) is -1.17. The Bertz CT molecular complexity index is 812. The normalized spacial score (nSPS) is 10.1. The highest BCUT2D eigenvalue weighted by Gasteiger charge is 2.19. The van der Waals surface area contributed by atoms with Crippen molar-refractivity contribution in [3.8, 4) is 17.3 Å². The molecule has 0 saturated heterocycles. The van der Waals surface area contributed by atoms with E-state index in [1.165, 1.54) is 0 Å². The first-order valence-electron chi connectivity index (χ1n) is 6.74. The number of anilines is 1. The number of carboxylic acid groups (broad SMARTS) is 1. The van der Waals surface area contributed by atoms with E-state index in [1.54, 1.807) is 30.3 Å². The Labute approximate surface area is 136 Å². The van der Waals surface area contributed by atoms with Gasteiger partial charge >= 0.3 is 11.5 Å². The summed E-state index contributed by atoms with van der Waals surface area (Å²) in [6.07, 6.45) is -0.206. The molecule has 0 amide bonds. The number of hydrogen-bond acceptors (Lipinski definition) is 5. The van der Waals surface area contributed by atoms with Gasteiger partial charge < -0.3 is 10.4 Å². The van der Waals surface area contributed by atoms with Crippen molar-refractivity contribution in [1.82, 2.24) is 9.07 Å². The van der Waals surface area contributed by atoms with E-state index < -0.39 is 11.5 Å². The third kappa shape index (κ3) is 3.87. The van der Waals surface area contributed by atoms with Crippen LogP contribution in [0.5, 0.6) is 0 Å². The molecular formula is C15H13ClN4O3. The lowest BCUT2D eigenvalue weighted by atomic mass is 10.1. The van der Waals surface area contributed by atoms with Crippen LogP contribution in [0.15, 0.2) is 35.1 Å². The maximum atomic E-state index is 12.3. The molecule has 0 aliphatic rings. The van der Waals surface area contributed by atoms with Crippen LogP contribution in [-0.2, 0) is 11.2 Å². The van der Waals surface area contributed by atoms with Gasteiger partial charge in [0.05, 0.1) is 30.3 Å². The van der Waals surface area contributed by atoms with Crippen LogP contribution in [0.1, 0.15) is 12.1 Å². The summed E-state index contributed by atoms with van der Waals surface area (Å²) in [7, 11) is 0. The third-order valence-corrected chi connectivity index (χ3v) is 3.32. The van der Waals surface area contributed by atoms with Gasteiger partial charge in [0.1, 0.15) is 0 Å². The summed E-state index contributed by atoms with van der Waals surface area (Å²) in [6, 6.07) is 10.6. The summed E-state index contributed by atoms with van der Waals surface area (Å²) >= 11 is 6.10. The lowest BCUT2D eigenvalue weighted by Gasteiger charge is -2.13. The average molecular weight is 333 g/mol. The lowest BCUT2D eigenvalue weighted by Crippen LogP contribution is -2.25. The van der Waals surface area contributed by atoms with Gasteiger partial charge in [-0.05, 0) is 0 Å². The van der Waals surface area contributed by atoms with Crippen LogP contribution in [0.4, 0.5) is 5.82 Å². The number of nitrogens with zero attached hydrogens (tertiary/aromatic N) is 3. The first-order valence-corrected chi connectivity index (χ1v) is 7.08. The molecule has 118 valence electrons. The van der Waals surface area contributed by atoms with Crippen molar-refractivity contribution in [3.63, 3.8) is 0 Å². The third-order valence-electron chi connectivity index (χ3n) is 2.99. The van der Waals surface area contributed by atoms with Crippen molar-refractivity contribution in [3.05, 3.63) is 46.4 Å². The molecule has 1 aromatic heterocycles. The zero-order valence-electron chi connectivity index (χ0n) is 12.0. The summed E-state index contributed by atoms with van der Waals surface area (Å²) in [6.45, 7) is 0.215. The largest absolute Gasteiger partial charge is 0.481 e. The molecule has 8 heteroatoms. The van der Waals surface area contributed by atoms with Gasteiger partial charge in [-0.15, -0.1) is 0 Å². The second kappa shape index (κ2) is 7.42. The highest BCUT2D eigenvalue weighted by Crippen LogP contribution is 2.23. The fourth-order valence-electron chi connectivity index (χ4n) is 2.04.